The molecule has 6 nitrogen and oxygen atoms in total. The first-order valence-electron chi connectivity index (χ1n) is 8.42. The van der Waals surface area contributed by atoms with Crippen LogP contribution in [-0.2, 0) is 14.8 Å². The number of hydrogen-bond acceptors (Lipinski definition) is 4. The number of benzene rings is 1. The molecule has 2 saturated heterocycles. The number of ether oxygens (including phenoxy) is 1. The molecule has 2 fully saturated rings. The third-order valence-corrected chi connectivity index (χ3v) is 6.79. The molecule has 1 aromatic rings. The van der Waals surface area contributed by atoms with Gasteiger partial charge in [-0.3, -0.25) is 4.79 Å². The van der Waals surface area contributed by atoms with Gasteiger partial charge >= 0.3 is 0 Å². The van der Waals surface area contributed by atoms with Gasteiger partial charge in [0, 0.05) is 26.1 Å². The van der Waals surface area contributed by atoms with Crippen molar-refractivity contribution in [2.45, 2.75) is 31.7 Å². The maximum Gasteiger partial charge on any atom is 0.224 e. The van der Waals surface area contributed by atoms with Crippen molar-refractivity contribution in [2.24, 2.45) is 0 Å². The van der Waals surface area contributed by atoms with E-state index < -0.39 is 10.0 Å². The standard InChI is InChI=1S/C17H24N2O4S/c1-23-15-6-2-5-14(13-15)16-7-3-10-19(16)17(20)8-11-18-9-4-12-24(18,21)22/h2,5-6,13,16H,3-4,7-12H2,1H3/t16-/m0/s1. The molecule has 2 aliphatic heterocycles. The number of sulfonamides is 1. The molecule has 0 aromatic heterocycles. The molecule has 0 spiro atoms. The molecule has 7 heteroatoms. The maximum atomic E-state index is 12.6. The lowest BCUT2D eigenvalue weighted by molar-refractivity contribution is -0.132. The molecule has 0 N–H and O–H groups in total. The van der Waals surface area contributed by atoms with E-state index in [0.717, 1.165) is 30.7 Å². The minimum absolute atomic E-state index is 0.0300. The van der Waals surface area contributed by atoms with Gasteiger partial charge in [0.15, 0.2) is 0 Å². The fourth-order valence-electron chi connectivity index (χ4n) is 3.57. The zero-order valence-corrected chi connectivity index (χ0v) is 14.8. The average Bonchev–Trinajstić information content (AvgIpc) is 3.19. The minimum atomic E-state index is -3.13. The Balaban J connectivity index is 1.65. The summed E-state index contributed by atoms with van der Waals surface area (Å²) in [5, 5.41) is 0. The first-order chi connectivity index (χ1) is 11.5. The number of hydrogen-bond donors (Lipinski definition) is 0. The lowest BCUT2D eigenvalue weighted by atomic mass is 10.0. The third-order valence-electron chi connectivity index (χ3n) is 4.83. The van der Waals surface area contributed by atoms with Crippen molar-refractivity contribution in [3.05, 3.63) is 29.8 Å². The highest BCUT2D eigenvalue weighted by atomic mass is 32.2. The van der Waals surface area contributed by atoms with E-state index in [0.29, 0.717) is 19.5 Å². The Kier molecular flexibility index (Phi) is 5.10. The quantitative estimate of drug-likeness (QED) is 0.810. The van der Waals surface area contributed by atoms with E-state index in [1.807, 2.05) is 29.2 Å². The Morgan fingerprint density at radius 3 is 2.83 bits per heavy atom. The zero-order chi connectivity index (χ0) is 17.2. The van der Waals surface area contributed by atoms with Crippen molar-refractivity contribution < 1.29 is 17.9 Å². The van der Waals surface area contributed by atoms with Gasteiger partial charge in [0.1, 0.15) is 5.75 Å². The molecule has 0 aliphatic carbocycles. The number of nitrogens with zero attached hydrogens (tertiary/aromatic N) is 2. The van der Waals surface area contributed by atoms with Gasteiger partial charge in [0.25, 0.3) is 0 Å². The van der Waals surface area contributed by atoms with E-state index in [1.54, 1.807) is 7.11 Å². The van der Waals surface area contributed by atoms with Gasteiger partial charge in [0.2, 0.25) is 15.9 Å². The van der Waals surface area contributed by atoms with Crippen molar-refractivity contribution in [3.8, 4) is 5.75 Å². The van der Waals surface area contributed by atoms with Gasteiger partial charge in [-0.2, -0.15) is 0 Å². The highest BCUT2D eigenvalue weighted by Crippen LogP contribution is 2.34. The lowest BCUT2D eigenvalue weighted by Gasteiger charge is -2.26. The normalized spacial score (nSPS) is 23.5. The monoisotopic (exact) mass is 352 g/mol. The number of likely N-dealkylation sites (tertiary alicyclic amines) is 1. The van der Waals surface area contributed by atoms with Crippen LogP contribution < -0.4 is 4.74 Å². The SMILES string of the molecule is COc1cccc([C@@H]2CCCN2C(=O)CCN2CCCS2(=O)=O)c1. The molecule has 3 rings (SSSR count). The molecule has 1 atom stereocenters. The van der Waals surface area contributed by atoms with Crippen molar-refractivity contribution >= 4 is 15.9 Å². The predicted molar refractivity (Wildman–Crippen MR) is 91.3 cm³/mol. The Morgan fingerprint density at radius 1 is 1.29 bits per heavy atom. The number of carbonyl (C=O) groups excluding carboxylic acids is 1. The van der Waals surface area contributed by atoms with Gasteiger partial charge in [-0.15, -0.1) is 0 Å². The highest BCUT2D eigenvalue weighted by molar-refractivity contribution is 7.89. The molecule has 132 valence electrons. The molecular formula is C17H24N2O4S. The molecule has 1 aromatic carbocycles. The molecule has 24 heavy (non-hydrogen) atoms. The maximum absolute atomic E-state index is 12.6. The Morgan fingerprint density at radius 2 is 2.12 bits per heavy atom. The van der Waals surface area contributed by atoms with Crippen LogP contribution in [-0.4, -0.2) is 56.0 Å². The van der Waals surface area contributed by atoms with Crippen molar-refractivity contribution in [1.29, 1.82) is 0 Å². The Bertz CT molecular complexity index is 704. The van der Waals surface area contributed by atoms with Gasteiger partial charge in [0.05, 0.1) is 18.9 Å². The Hall–Kier alpha value is -1.60. The van der Waals surface area contributed by atoms with E-state index in [4.69, 9.17) is 4.74 Å². The summed E-state index contributed by atoms with van der Waals surface area (Å²) < 4.78 is 30.4. The number of methoxy groups -OCH3 is 1. The molecular weight excluding hydrogens is 328 g/mol. The fraction of sp³-hybridized carbons (Fsp3) is 0.588. The van der Waals surface area contributed by atoms with E-state index in [1.165, 1.54) is 4.31 Å². The summed E-state index contributed by atoms with van der Waals surface area (Å²) in [5.74, 6) is 1.02. The van der Waals surface area contributed by atoms with Crippen LogP contribution in [0.25, 0.3) is 0 Å². The second-order valence-corrected chi connectivity index (χ2v) is 8.43. The molecule has 0 saturated carbocycles. The molecule has 0 radical (unpaired) electrons. The van der Waals surface area contributed by atoms with E-state index >= 15 is 0 Å². The summed E-state index contributed by atoms with van der Waals surface area (Å²) in [6.07, 6.45) is 2.81. The van der Waals surface area contributed by atoms with E-state index in [9.17, 15) is 13.2 Å². The van der Waals surface area contributed by atoms with E-state index in [-0.39, 0.29) is 24.1 Å². The zero-order valence-electron chi connectivity index (χ0n) is 14.0. The smallest absolute Gasteiger partial charge is 0.224 e. The Labute approximate surface area is 143 Å². The van der Waals surface area contributed by atoms with Crippen LogP contribution in [0.5, 0.6) is 5.75 Å². The van der Waals surface area contributed by atoms with Crippen LogP contribution in [0.2, 0.25) is 0 Å². The van der Waals surface area contributed by atoms with Crippen LogP contribution in [0.15, 0.2) is 24.3 Å². The summed E-state index contributed by atoms with van der Waals surface area (Å²) in [6, 6.07) is 7.88. The van der Waals surface area contributed by atoms with Crippen molar-refractivity contribution in [3.63, 3.8) is 0 Å². The minimum Gasteiger partial charge on any atom is -0.497 e. The highest BCUT2D eigenvalue weighted by Gasteiger charge is 2.32. The summed E-state index contributed by atoms with van der Waals surface area (Å²) in [7, 11) is -1.50. The third kappa shape index (κ3) is 3.57. The van der Waals surface area contributed by atoms with Gasteiger partial charge in [-0.25, -0.2) is 12.7 Å². The van der Waals surface area contributed by atoms with Gasteiger partial charge in [-0.1, -0.05) is 12.1 Å². The van der Waals surface area contributed by atoms with Crippen LogP contribution in [0, 0.1) is 0 Å². The molecule has 0 unspecified atom stereocenters. The molecule has 0 bridgehead atoms. The number of amides is 1. The lowest BCUT2D eigenvalue weighted by Crippen LogP contribution is -2.35. The van der Waals surface area contributed by atoms with Gasteiger partial charge < -0.3 is 9.64 Å². The predicted octanol–water partition coefficient (Wildman–Crippen LogP) is 1.78. The average molecular weight is 352 g/mol. The summed E-state index contributed by atoms with van der Waals surface area (Å²) in [6.45, 7) is 1.56. The second kappa shape index (κ2) is 7.11. The van der Waals surface area contributed by atoms with Crippen molar-refractivity contribution in [1.82, 2.24) is 9.21 Å². The molecule has 2 aliphatic rings. The summed E-state index contributed by atoms with van der Waals surface area (Å²) in [5.41, 5.74) is 1.08. The van der Waals surface area contributed by atoms with Crippen LogP contribution in [0.1, 0.15) is 37.3 Å². The van der Waals surface area contributed by atoms with Crippen LogP contribution >= 0.6 is 0 Å². The molecule has 2 heterocycles. The van der Waals surface area contributed by atoms with E-state index in [2.05, 4.69) is 0 Å². The first kappa shape index (κ1) is 17.2. The molecule has 1 amide bonds. The fourth-order valence-corrected chi connectivity index (χ4v) is 5.10. The number of carbonyl (C=O) groups is 1. The van der Waals surface area contributed by atoms with Gasteiger partial charge in [-0.05, 0) is 37.0 Å². The topological polar surface area (TPSA) is 66.9 Å². The summed E-state index contributed by atoms with van der Waals surface area (Å²) in [4.78, 5) is 14.5. The van der Waals surface area contributed by atoms with Crippen LogP contribution in [0.4, 0.5) is 0 Å². The largest absolute Gasteiger partial charge is 0.497 e. The second-order valence-electron chi connectivity index (χ2n) is 6.34. The first-order valence-corrected chi connectivity index (χ1v) is 10.0. The number of rotatable bonds is 5. The van der Waals surface area contributed by atoms with Crippen molar-refractivity contribution in [2.75, 3.05) is 32.5 Å². The summed E-state index contributed by atoms with van der Waals surface area (Å²) >= 11 is 0. The van der Waals surface area contributed by atoms with Crippen LogP contribution in [0.3, 0.4) is 0 Å².